The number of aromatic nitrogens is 2. The van der Waals surface area contributed by atoms with Crippen LogP contribution in [0.5, 0.6) is 5.75 Å². The van der Waals surface area contributed by atoms with Gasteiger partial charge in [-0.25, -0.2) is 0 Å². The van der Waals surface area contributed by atoms with Crippen molar-refractivity contribution in [1.82, 2.24) is 15.5 Å². The molecule has 21 heavy (non-hydrogen) atoms. The van der Waals surface area contributed by atoms with E-state index in [1.165, 1.54) is 5.75 Å². The van der Waals surface area contributed by atoms with Crippen LogP contribution in [0.15, 0.2) is 28.8 Å². The first kappa shape index (κ1) is 14.4. The highest BCUT2D eigenvalue weighted by Crippen LogP contribution is 2.16. The molecule has 1 aromatic carbocycles. The Kier molecular flexibility index (Phi) is 4.77. The van der Waals surface area contributed by atoms with Gasteiger partial charge in [-0.15, -0.1) is 0 Å². The van der Waals surface area contributed by atoms with Crippen molar-refractivity contribution in [3.8, 4) is 5.75 Å². The maximum atomic E-state index is 5.35. The second-order valence-corrected chi connectivity index (χ2v) is 6.21. The summed E-state index contributed by atoms with van der Waals surface area (Å²) in [6, 6.07) is 8.37. The predicted molar refractivity (Wildman–Crippen MR) is 82.9 cm³/mol. The van der Waals surface area contributed by atoms with Crippen molar-refractivity contribution in [1.29, 1.82) is 0 Å². The first-order valence-electron chi connectivity index (χ1n) is 7.09. The maximum Gasteiger partial charge on any atom is 0.228 e. The Bertz CT molecular complexity index is 582. The standard InChI is InChI=1S/C15H19N3O2S/c1-19-13-4-2-3-11(7-13)8-14-17-15(20-18-14)9-12-10-21-6-5-16-12/h2-4,7,12,16H,5-6,8-10H2,1H3. The van der Waals surface area contributed by atoms with E-state index >= 15 is 0 Å². The zero-order chi connectivity index (χ0) is 14.5. The summed E-state index contributed by atoms with van der Waals surface area (Å²) in [5.41, 5.74) is 1.12. The third-order valence-corrected chi connectivity index (χ3v) is 4.56. The minimum Gasteiger partial charge on any atom is -0.497 e. The molecular weight excluding hydrogens is 286 g/mol. The lowest BCUT2D eigenvalue weighted by atomic mass is 10.1. The van der Waals surface area contributed by atoms with E-state index in [-0.39, 0.29) is 0 Å². The SMILES string of the molecule is COc1cccc(Cc2noc(CC3CSCCN3)n2)c1. The van der Waals surface area contributed by atoms with Gasteiger partial charge in [-0.1, -0.05) is 17.3 Å². The third kappa shape index (κ3) is 3.98. The molecule has 2 heterocycles. The van der Waals surface area contributed by atoms with Crippen LogP contribution in [0.2, 0.25) is 0 Å². The highest BCUT2D eigenvalue weighted by Gasteiger charge is 2.17. The average molecular weight is 305 g/mol. The van der Waals surface area contributed by atoms with Crippen LogP contribution in [0, 0.1) is 0 Å². The fourth-order valence-corrected chi connectivity index (χ4v) is 3.32. The molecule has 1 unspecified atom stereocenters. The summed E-state index contributed by atoms with van der Waals surface area (Å²) in [4.78, 5) is 4.49. The number of rotatable bonds is 5. The second kappa shape index (κ2) is 6.95. The summed E-state index contributed by atoms with van der Waals surface area (Å²) in [5, 5.41) is 7.55. The van der Waals surface area contributed by atoms with Crippen LogP contribution in [0.4, 0.5) is 0 Å². The fraction of sp³-hybridized carbons (Fsp3) is 0.467. The van der Waals surface area contributed by atoms with Crippen molar-refractivity contribution in [2.75, 3.05) is 25.2 Å². The van der Waals surface area contributed by atoms with Gasteiger partial charge in [0, 0.05) is 36.9 Å². The van der Waals surface area contributed by atoms with Crippen LogP contribution in [-0.4, -0.2) is 41.3 Å². The number of hydrogen-bond donors (Lipinski definition) is 1. The number of ether oxygens (including phenoxy) is 1. The number of methoxy groups -OCH3 is 1. The molecule has 0 amide bonds. The maximum absolute atomic E-state index is 5.35. The van der Waals surface area contributed by atoms with E-state index in [2.05, 4.69) is 15.5 Å². The highest BCUT2D eigenvalue weighted by molar-refractivity contribution is 7.99. The zero-order valence-electron chi connectivity index (χ0n) is 12.0. The van der Waals surface area contributed by atoms with Gasteiger partial charge >= 0.3 is 0 Å². The molecular formula is C15H19N3O2S. The van der Waals surface area contributed by atoms with E-state index in [1.54, 1.807) is 7.11 Å². The molecule has 1 N–H and O–H groups in total. The van der Waals surface area contributed by atoms with E-state index in [4.69, 9.17) is 9.26 Å². The van der Waals surface area contributed by atoms with Crippen LogP contribution >= 0.6 is 11.8 Å². The molecule has 1 saturated heterocycles. The van der Waals surface area contributed by atoms with Gasteiger partial charge < -0.3 is 14.6 Å². The summed E-state index contributed by atoms with van der Waals surface area (Å²) in [5.74, 6) is 4.57. The Morgan fingerprint density at radius 3 is 3.24 bits per heavy atom. The molecule has 1 aliphatic rings. The molecule has 1 aliphatic heterocycles. The number of nitrogens with zero attached hydrogens (tertiary/aromatic N) is 2. The quantitative estimate of drug-likeness (QED) is 0.910. The number of nitrogens with one attached hydrogen (secondary N) is 1. The lowest BCUT2D eigenvalue weighted by Crippen LogP contribution is -2.38. The highest BCUT2D eigenvalue weighted by atomic mass is 32.2. The van der Waals surface area contributed by atoms with Gasteiger partial charge in [0.15, 0.2) is 5.82 Å². The average Bonchev–Trinajstić information content (AvgIpc) is 2.95. The topological polar surface area (TPSA) is 60.2 Å². The Morgan fingerprint density at radius 1 is 1.48 bits per heavy atom. The van der Waals surface area contributed by atoms with E-state index in [0.717, 1.165) is 35.9 Å². The van der Waals surface area contributed by atoms with Crippen molar-refractivity contribution >= 4 is 11.8 Å². The first-order valence-corrected chi connectivity index (χ1v) is 8.24. The molecule has 0 radical (unpaired) electrons. The van der Waals surface area contributed by atoms with Crippen LogP contribution in [0.3, 0.4) is 0 Å². The lowest BCUT2D eigenvalue weighted by molar-refractivity contribution is 0.359. The van der Waals surface area contributed by atoms with Gasteiger partial charge in [0.2, 0.25) is 5.89 Å². The van der Waals surface area contributed by atoms with E-state index in [0.29, 0.717) is 18.4 Å². The van der Waals surface area contributed by atoms with Crippen LogP contribution in [0.1, 0.15) is 17.3 Å². The summed E-state index contributed by atoms with van der Waals surface area (Å²) < 4.78 is 10.6. The molecule has 3 rings (SSSR count). The zero-order valence-corrected chi connectivity index (χ0v) is 12.9. The van der Waals surface area contributed by atoms with Crippen LogP contribution < -0.4 is 10.1 Å². The Balaban J connectivity index is 1.61. The van der Waals surface area contributed by atoms with Crippen molar-refractivity contribution in [2.24, 2.45) is 0 Å². The van der Waals surface area contributed by atoms with Gasteiger partial charge in [0.05, 0.1) is 7.11 Å². The molecule has 6 heteroatoms. The van der Waals surface area contributed by atoms with Gasteiger partial charge in [-0.05, 0) is 17.7 Å². The van der Waals surface area contributed by atoms with Gasteiger partial charge in [0.25, 0.3) is 0 Å². The Morgan fingerprint density at radius 2 is 2.43 bits per heavy atom. The van der Waals surface area contributed by atoms with Crippen LogP contribution in [0.25, 0.3) is 0 Å². The summed E-state index contributed by atoms with van der Waals surface area (Å²) in [6.45, 7) is 1.06. The minimum absolute atomic E-state index is 0.439. The summed E-state index contributed by atoms with van der Waals surface area (Å²) in [6.07, 6.45) is 1.46. The fourth-order valence-electron chi connectivity index (χ4n) is 2.37. The molecule has 0 spiro atoms. The summed E-state index contributed by atoms with van der Waals surface area (Å²) >= 11 is 1.97. The second-order valence-electron chi connectivity index (χ2n) is 5.06. The Hall–Kier alpha value is -1.53. The third-order valence-electron chi connectivity index (χ3n) is 3.43. The molecule has 1 aromatic heterocycles. The van der Waals surface area contributed by atoms with Gasteiger partial charge in [-0.3, -0.25) is 0 Å². The Labute approximate surface area is 128 Å². The smallest absolute Gasteiger partial charge is 0.228 e. The lowest BCUT2D eigenvalue weighted by Gasteiger charge is -2.21. The van der Waals surface area contributed by atoms with Crippen molar-refractivity contribution in [3.05, 3.63) is 41.5 Å². The number of benzene rings is 1. The molecule has 5 nitrogen and oxygen atoms in total. The predicted octanol–water partition coefficient (Wildman–Crippen LogP) is 1.92. The molecule has 0 saturated carbocycles. The summed E-state index contributed by atoms with van der Waals surface area (Å²) in [7, 11) is 1.67. The monoisotopic (exact) mass is 305 g/mol. The van der Waals surface area contributed by atoms with E-state index in [9.17, 15) is 0 Å². The molecule has 1 fully saturated rings. The van der Waals surface area contributed by atoms with E-state index < -0.39 is 0 Å². The molecule has 112 valence electrons. The number of thioether (sulfide) groups is 1. The van der Waals surface area contributed by atoms with Gasteiger partial charge in [-0.2, -0.15) is 16.7 Å². The van der Waals surface area contributed by atoms with Gasteiger partial charge in [0.1, 0.15) is 5.75 Å². The molecule has 2 aromatic rings. The number of hydrogen-bond acceptors (Lipinski definition) is 6. The normalized spacial score (nSPS) is 18.6. The van der Waals surface area contributed by atoms with Crippen LogP contribution in [-0.2, 0) is 12.8 Å². The van der Waals surface area contributed by atoms with Crippen molar-refractivity contribution in [2.45, 2.75) is 18.9 Å². The van der Waals surface area contributed by atoms with Crippen molar-refractivity contribution in [3.63, 3.8) is 0 Å². The molecule has 0 bridgehead atoms. The molecule has 1 atom stereocenters. The van der Waals surface area contributed by atoms with E-state index in [1.807, 2.05) is 36.0 Å². The van der Waals surface area contributed by atoms with Crippen molar-refractivity contribution < 1.29 is 9.26 Å². The minimum atomic E-state index is 0.439. The largest absolute Gasteiger partial charge is 0.497 e. The molecule has 0 aliphatic carbocycles. The first-order chi connectivity index (χ1) is 10.3.